The minimum absolute atomic E-state index is 0.114. The van der Waals surface area contributed by atoms with Gasteiger partial charge >= 0.3 is 0 Å². The summed E-state index contributed by atoms with van der Waals surface area (Å²) in [5.74, 6) is 0.919. The molecular weight excluding hydrogens is 364 g/mol. The van der Waals surface area contributed by atoms with Crippen molar-refractivity contribution in [2.24, 2.45) is 0 Å². The molecule has 0 saturated heterocycles. The molecule has 0 saturated carbocycles. The predicted octanol–water partition coefficient (Wildman–Crippen LogP) is 4.12. The van der Waals surface area contributed by atoms with Crippen molar-refractivity contribution < 1.29 is 14.1 Å². The van der Waals surface area contributed by atoms with E-state index in [1.807, 2.05) is 6.92 Å². The maximum atomic E-state index is 12.5. The van der Waals surface area contributed by atoms with Crippen LogP contribution in [0.4, 0.5) is 0 Å². The van der Waals surface area contributed by atoms with E-state index in [1.54, 1.807) is 31.2 Å². The molecule has 0 aliphatic carbocycles. The monoisotopic (exact) mass is 382 g/mol. The molecule has 5 heteroatoms. The first-order chi connectivity index (χ1) is 10.4. The molecule has 0 radical (unpaired) electrons. The van der Waals surface area contributed by atoms with Crippen LogP contribution in [0, 0.1) is 0 Å². The summed E-state index contributed by atoms with van der Waals surface area (Å²) < 4.78 is 12.1. The Labute approximate surface area is 142 Å². The topological polar surface area (TPSA) is 54.4 Å². The van der Waals surface area contributed by atoms with E-state index in [4.69, 9.17) is 0 Å². The molecule has 1 aromatic carbocycles. The number of ketones is 1. The molecule has 0 spiro atoms. The molecule has 0 aliphatic rings. The summed E-state index contributed by atoms with van der Waals surface area (Å²) in [6.07, 6.45) is 3.43. The number of hydrogen-bond acceptors (Lipinski definition) is 3. The predicted molar refractivity (Wildman–Crippen MR) is 95.9 cm³/mol. The zero-order valence-electron chi connectivity index (χ0n) is 12.6. The van der Waals surface area contributed by atoms with Crippen molar-refractivity contribution in [3.63, 3.8) is 0 Å². The highest BCUT2D eigenvalue weighted by Crippen LogP contribution is 2.24. The number of benzene rings is 1. The lowest BCUT2D eigenvalue weighted by molar-refractivity contribution is 0.103. The Kier molecular flexibility index (Phi) is 7.48. The van der Waals surface area contributed by atoms with Crippen LogP contribution >= 0.6 is 15.9 Å². The second-order valence-electron chi connectivity index (χ2n) is 4.60. The smallest absolute Gasteiger partial charge is 0.193 e. The van der Waals surface area contributed by atoms with Crippen molar-refractivity contribution in [2.45, 2.75) is 13.8 Å². The van der Waals surface area contributed by atoms with Crippen LogP contribution in [0.1, 0.15) is 24.2 Å². The summed E-state index contributed by atoms with van der Waals surface area (Å²) in [4.78, 5) is 12.5. The summed E-state index contributed by atoms with van der Waals surface area (Å²) in [5, 5.41) is 9.28. The minimum atomic E-state index is -0.935. The lowest BCUT2D eigenvalue weighted by atomic mass is 10.0. The third-order valence-electron chi connectivity index (χ3n) is 2.92. The molecule has 0 bridgehead atoms. The minimum Gasteiger partial charge on any atom is -0.508 e. The van der Waals surface area contributed by atoms with Gasteiger partial charge in [0.25, 0.3) is 0 Å². The third-order valence-corrected chi connectivity index (χ3v) is 4.91. The van der Waals surface area contributed by atoms with E-state index >= 15 is 0 Å². The van der Waals surface area contributed by atoms with Crippen LogP contribution in [0.25, 0.3) is 0 Å². The number of Topliss-reactive ketones (excluding diaryl/α,β-unsaturated/α-hetero) is 1. The Balaban J connectivity index is 2.95. The number of hydrogen-bond donors (Lipinski definition) is 1. The van der Waals surface area contributed by atoms with Gasteiger partial charge in [0.05, 0.1) is 0 Å². The Morgan fingerprint density at radius 1 is 1.36 bits per heavy atom. The Hall–Kier alpha value is -1.46. The Bertz CT molecular complexity index is 642. The summed E-state index contributed by atoms with van der Waals surface area (Å²) in [6.45, 7) is 7.50. The van der Waals surface area contributed by atoms with E-state index in [-0.39, 0.29) is 11.5 Å². The Morgan fingerprint density at radius 2 is 1.95 bits per heavy atom. The molecule has 1 atom stereocenters. The maximum Gasteiger partial charge on any atom is 0.193 e. The van der Waals surface area contributed by atoms with Crippen LogP contribution in [-0.4, -0.2) is 26.6 Å². The van der Waals surface area contributed by atoms with Gasteiger partial charge in [0, 0.05) is 37.9 Å². The van der Waals surface area contributed by atoms with Crippen LogP contribution in [0.2, 0.25) is 0 Å². The molecule has 118 valence electrons. The van der Waals surface area contributed by atoms with Crippen molar-refractivity contribution in [3.05, 3.63) is 64.2 Å². The first kappa shape index (κ1) is 18.6. The number of halogens is 1. The van der Waals surface area contributed by atoms with Crippen molar-refractivity contribution in [1.29, 1.82) is 0 Å². The zero-order chi connectivity index (χ0) is 16.7. The van der Waals surface area contributed by atoms with Crippen molar-refractivity contribution >= 4 is 32.5 Å². The lowest BCUT2D eigenvalue weighted by Gasteiger charge is -2.07. The van der Waals surface area contributed by atoms with E-state index < -0.39 is 10.8 Å². The van der Waals surface area contributed by atoms with E-state index in [1.165, 1.54) is 12.1 Å². The molecule has 1 rings (SSSR count). The fraction of sp³-hybridized carbons (Fsp3) is 0.235. The van der Waals surface area contributed by atoms with Gasteiger partial charge in [0.2, 0.25) is 0 Å². The molecule has 0 amide bonds. The van der Waals surface area contributed by atoms with Crippen LogP contribution in [0.3, 0.4) is 0 Å². The number of carbonyl (C=O) groups excluding carboxylic acids is 1. The van der Waals surface area contributed by atoms with Gasteiger partial charge in [-0.05, 0) is 42.8 Å². The molecule has 0 aromatic heterocycles. The number of phenolic OH excluding ortho intramolecular Hbond substituents is 1. The average molecular weight is 383 g/mol. The van der Waals surface area contributed by atoms with Gasteiger partial charge in [-0.15, -0.1) is 0 Å². The second kappa shape index (κ2) is 8.86. The molecular formula is C17H19BrO3S. The van der Waals surface area contributed by atoms with Crippen molar-refractivity contribution in [3.8, 4) is 5.75 Å². The van der Waals surface area contributed by atoms with E-state index in [2.05, 4.69) is 22.5 Å². The van der Waals surface area contributed by atoms with Gasteiger partial charge in [-0.1, -0.05) is 35.5 Å². The van der Waals surface area contributed by atoms with E-state index in [0.717, 1.165) is 0 Å². The summed E-state index contributed by atoms with van der Waals surface area (Å²) in [7, 11) is -0.935. The maximum absolute atomic E-state index is 12.5. The number of carbonyl (C=O) groups is 1. The summed E-state index contributed by atoms with van der Waals surface area (Å²) >= 11 is 3.39. The molecule has 22 heavy (non-hydrogen) atoms. The second-order valence-corrected chi connectivity index (χ2v) is 7.20. The largest absolute Gasteiger partial charge is 0.508 e. The zero-order valence-corrected chi connectivity index (χ0v) is 15.0. The quantitative estimate of drug-likeness (QED) is 0.438. The summed E-state index contributed by atoms with van der Waals surface area (Å²) in [6, 6.07) is 6.09. The van der Waals surface area contributed by atoms with Crippen molar-refractivity contribution in [2.75, 3.05) is 11.5 Å². The number of allylic oxidation sites excluding steroid dienone is 4. The van der Waals surface area contributed by atoms with Gasteiger partial charge in [-0.3, -0.25) is 9.00 Å². The summed E-state index contributed by atoms with van der Waals surface area (Å²) in [5.41, 5.74) is 1.68. The lowest BCUT2D eigenvalue weighted by Crippen LogP contribution is -2.05. The Morgan fingerprint density at radius 3 is 2.45 bits per heavy atom. The highest BCUT2D eigenvalue weighted by molar-refractivity contribution is 9.12. The SMILES string of the molecule is C=C(/C=C(Br)\C(=C/C)C(=O)c1ccc(O)cc1)CS(=O)CC. The molecule has 1 aromatic rings. The first-order valence-electron chi connectivity index (χ1n) is 6.79. The van der Waals surface area contributed by atoms with Crippen LogP contribution in [0.5, 0.6) is 5.75 Å². The van der Waals surface area contributed by atoms with Crippen LogP contribution in [0.15, 0.2) is 58.6 Å². The highest BCUT2D eigenvalue weighted by Gasteiger charge is 2.14. The molecule has 3 nitrogen and oxygen atoms in total. The third kappa shape index (κ3) is 5.39. The van der Waals surface area contributed by atoms with Gasteiger partial charge < -0.3 is 5.11 Å². The standard InChI is InChI=1S/C17H19BrO3S/c1-4-15(16(18)10-12(3)11-22(21)5-2)17(20)13-6-8-14(19)9-7-13/h4,6-10,19H,3,5,11H2,1-2H3/b15-4+,16-10+. The average Bonchev–Trinajstić information content (AvgIpc) is 2.48. The molecule has 1 unspecified atom stereocenters. The van der Waals surface area contributed by atoms with Gasteiger partial charge in [0.15, 0.2) is 5.78 Å². The number of phenols is 1. The molecule has 0 aliphatic heterocycles. The molecule has 0 heterocycles. The van der Waals surface area contributed by atoms with Gasteiger partial charge in [0.1, 0.15) is 5.75 Å². The molecule has 0 fully saturated rings. The van der Waals surface area contributed by atoms with Crippen LogP contribution < -0.4 is 0 Å². The van der Waals surface area contributed by atoms with Crippen LogP contribution in [-0.2, 0) is 10.8 Å². The van der Waals surface area contributed by atoms with E-state index in [9.17, 15) is 14.1 Å². The van der Waals surface area contributed by atoms with Crippen molar-refractivity contribution in [1.82, 2.24) is 0 Å². The number of rotatable bonds is 7. The molecule has 1 N–H and O–H groups in total. The fourth-order valence-electron chi connectivity index (χ4n) is 1.75. The highest BCUT2D eigenvalue weighted by atomic mass is 79.9. The van der Waals surface area contributed by atoms with Gasteiger partial charge in [-0.2, -0.15) is 0 Å². The van der Waals surface area contributed by atoms with E-state index in [0.29, 0.717) is 32.7 Å². The first-order valence-corrected chi connectivity index (χ1v) is 9.07. The number of aromatic hydroxyl groups is 1. The fourth-order valence-corrected chi connectivity index (χ4v) is 3.19. The normalized spacial score (nSPS) is 13.8. The van der Waals surface area contributed by atoms with Gasteiger partial charge in [-0.25, -0.2) is 0 Å².